The summed E-state index contributed by atoms with van der Waals surface area (Å²) in [4.78, 5) is 15.3. The maximum atomic E-state index is 12.9. The lowest BCUT2D eigenvalue weighted by Gasteiger charge is -2.26. The molecule has 1 aliphatic heterocycles. The van der Waals surface area contributed by atoms with Gasteiger partial charge in [0, 0.05) is 17.5 Å². The van der Waals surface area contributed by atoms with Crippen molar-refractivity contribution in [3.05, 3.63) is 66.1 Å². The highest BCUT2D eigenvalue weighted by atomic mass is 16.5. The smallest absolute Gasteiger partial charge is 0.251 e. The largest absolute Gasteiger partial charge is 0.496 e. The van der Waals surface area contributed by atoms with E-state index in [0.29, 0.717) is 12.1 Å². The van der Waals surface area contributed by atoms with E-state index in [2.05, 4.69) is 10.2 Å². The maximum absolute atomic E-state index is 12.9. The number of methoxy groups -OCH3 is 1. The summed E-state index contributed by atoms with van der Waals surface area (Å²) in [6.45, 7) is 2.59. The number of nitrogens with zero attached hydrogens (tertiary/aromatic N) is 1. The van der Waals surface area contributed by atoms with Gasteiger partial charge in [-0.15, -0.1) is 0 Å². The number of rotatable bonds is 6. The van der Waals surface area contributed by atoms with Gasteiger partial charge in [-0.25, -0.2) is 0 Å². The van der Waals surface area contributed by atoms with Crippen LogP contribution in [-0.4, -0.2) is 37.6 Å². The summed E-state index contributed by atoms with van der Waals surface area (Å²) in [5.41, 5.74) is 0.658. The van der Waals surface area contributed by atoms with Crippen LogP contribution in [0.2, 0.25) is 0 Å². The number of hydrogen-bond acceptors (Lipinski definition) is 4. The number of furan rings is 1. The number of nitrogens with one attached hydrogen (secondary N) is 1. The van der Waals surface area contributed by atoms with Gasteiger partial charge < -0.3 is 14.5 Å². The number of fused-ring (bicyclic) bond motifs is 1. The molecule has 2 aromatic carbocycles. The first kappa shape index (κ1) is 17.6. The summed E-state index contributed by atoms with van der Waals surface area (Å²) in [6.07, 6.45) is 4.07. The molecule has 3 aromatic rings. The zero-order valence-electron chi connectivity index (χ0n) is 15.5. The van der Waals surface area contributed by atoms with Gasteiger partial charge in [0.25, 0.3) is 5.91 Å². The van der Waals surface area contributed by atoms with Crippen LogP contribution < -0.4 is 10.1 Å². The third-order valence-corrected chi connectivity index (χ3v) is 5.26. The fourth-order valence-electron chi connectivity index (χ4n) is 3.88. The molecule has 1 saturated heterocycles. The molecule has 1 fully saturated rings. The molecule has 0 saturated carbocycles. The van der Waals surface area contributed by atoms with E-state index in [9.17, 15) is 4.79 Å². The number of likely N-dealkylation sites (tertiary alicyclic amines) is 1. The van der Waals surface area contributed by atoms with E-state index >= 15 is 0 Å². The Kier molecular flexibility index (Phi) is 5.12. The van der Waals surface area contributed by atoms with Crippen molar-refractivity contribution in [1.82, 2.24) is 10.2 Å². The second-order valence-electron chi connectivity index (χ2n) is 6.85. The van der Waals surface area contributed by atoms with Gasteiger partial charge in [-0.3, -0.25) is 9.69 Å². The van der Waals surface area contributed by atoms with Crippen molar-refractivity contribution in [3.8, 4) is 5.75 Å². The number of hydrogen-bond donors (Lipinski definition) is 1. The summed E-state index contributed by atoms with van der Waals surface area (Å²) in [5, 5.41) is 4.95. The fraction of sp³-hybridized carbons (Fsp3) is 0.318. The molecule has 5 nitrogen and oxygen atoms in total. The number of amides is 1. The van der Waals surface area contributed by atoms with Crippen LogP contribution in [0.15, 0.2) is 59.2 Å². The highest BCUT2D eigenvalue weighted by molar-refractivity contribution is 6.08. The normalized spacial score (nSPS) is 15.7. The van der Waals surface area contributed by atoms with Crippen molar-refractivity contribution < 1.29 is 13.9 Å². The third kappa shape index (κ3) is 3.55. The number of carbonyl (C=O) groups is 1. The number of carbonyl (C=O) groups excluding carboxylic acids is 1. The Bertz CT molecular complexity index is 914. The molecule has 27 heavy (non-hydrogen) atoms. The standard InChI is InChI=1S/C22H24N2O3/c1-26-20-11-10-18(16-7-2-3-8-17(16)20)22(25)23-15-19(21-9-6-14-27-21)24-12-4-5-13-24/h2-3,6-11,14,19H,4-5,12-13,15H2,1H3,(H,23,25). The monoisotopic (exact) mass is 364 g/mol. The van der Waals surface area contributed by atoms with Crippen molar-refractivity contribution in [2.75, 3.05) is 26.7 Å². The number of ether oxygens (including phenoxy) is 1. The Labute approximate surface area is 158 Å². The first-order chi connectivity index (χ1) is 13.3. The molecule has 0 spiro atoms. The molecule has 5 heteroatoms. The first-order valence-electron chi connectivity index (χ1n) is 9.39. The van der Waals surface area contributed by atoms with Crippen LogP contribution in [0.25, 0.3) is 10.8 Å². The molecule has 1 N–H and O–H groups in total. The minimum absolute atomic E-state index is 0.0657. The Morgan fingerprint density at radius 3 is 2.59 bits per heavy atom. The lowest BCUT2D eigenvalue weighted by Crippen LogP contribution is -2.36. The Morgan fingerprint density at radius 2 is 1.89 bits per heavy atom. The summed E-state index contributed by atoms with van der Waals surface area (Å²) in [5.74, 6) is 1.59. The predicted octanol–water partition coefficient (Wildman–Crippen LogP) is 4.01. The van der Waals surface area contributed by atoms with E-state index in [1.165, 1.54) is 12.8 Å². The molecular formula is C22H24N2O3. The molecular weight excluding hydrogens is 340 g/mol. The molecule has 0 aliphatic carbocycles. The van der Waals surface area contributed by atoms with Gasteiger partial charge in [0.15, 0.2) is 0 Å². The minimum Gasteiger partial charge on any atom is -0.496 e. The zero-order valence-corrected chi connectivity index (χ0v) is 15.5. The molecule has 4 rings (SSSR count). The van der Waals surface area contributed by atoms with Crippen LogP contribution in [0, 0.1) is 0 Å². The van der Waals surface area contributed by atoms with E-state index in [1.807, 2.05) is 48.5 Å². The lowest BCUT2D eigenvalue weighted by molar-refractivity contribution is 0.0935. The van der Waals surface area contributed by atoms with Crippen LogP contribution in [0.5, 0.6) is 5.75 Å². The van der Waals surface area contributed by atoms with Crippen molar-refractivity contribution in [3.63, 3.8) is 0 Å². The minimum atomic E-state index is -0.0791. The van der Waals surface area contributed by atoms with Crippen LogP contribution in [0.4, 0.5) is 0 Å². The average Bonchev–Trinajstić information content (AvgIpc) is 3.42. The Hall–Kier alpha value is -2.79. The quantitative estimate of drug-likeness (QED) is 0.718. The highest BCUT2D eigenvalue weighted by Gasteiger charge is 2.26. The average molecular weight is 364 g/mol. The van der Waals surface area contributed by atoms with Crippen LogP contribution in [0.1, 0.15) is 35.0 Å². The molecule has 2 heterocycles. The second-order valence-corrected chi connectivity index (χ2v) is 6.85. The lowest BCUT2D eigenvalue weighted by atomic mass is 10.0. The number of benzene rings is 2. The van der Waals surface area contributed by atoms with Crippen molar-refractivity contribution in [2.45, 2.75) is 18.9 Å². The molecule has 1 aliphatic rings. The molecule has 0 radical (unpaired) electrons. The fourth-order valence-corrected chi connectivity index (χ4v) is 3.88. The Morgan fingerprint density at radius 1 is 1.11 bits per heavy atom. The molecule has 0 bridgehead atoms. The molecule has 1 atom stereocenters. The van der Waals surface area contributed by atoms with Crippen molar-refractivity contribution >= 4 is 16.7 Å². The van der Waals surface area contributed by atoms with Gasteiger partial charge in [0.05, 0.1) is 19.4 Å². The van der Waals surface area contributed by atoms with Crippen LogP contribution in [0.3, 0.4) is 0 Å². The first-order valence-corrected chi connectivity index (χ1v) is 9.39. The van der Waals surface area contributed by atoms with Gasteiger partial charge in [0.1, 0.15) is 11.5 Å². The van der Waals surface area contributed by atoms with Gasteiger partial charge in [-0.05, 0) is 55.6 Å². The summed E-state index contributed by atoms with van der Waals surface area (Å²) >= 11 is 0. The van der Waals surface area contributed by atoms with Crippen LogP contribution in [-0.2, 0) is 0 Å². The highest BCUT2D eigenvalue weighted by Crippen LogP contribution is 2.29. The van der Waals surface area contributed by atoms with E-state index in [4.69, 9.17) is 9.15 Å². The van der Waals surface area contributed by atoms with Crippen LogP contribution >= 0.6 is 0 Å². The second kappa shape index (κ2) is 7.84. The van der Waals surface area contributed by atoms with Crippen molar-refractivity contribution in [1.29, 1.82) is 0 Å². The molecule has 1 amide bonds. The molecule has 1 aromatic heterocycles. The van der Waals surface area contributed by atoms with E-state index in [1.54, 1.807) is 13.4 Å². The van der Waals surface area contributed by atoms with Gasteiger partial charge in [-0.2, -0.15) is 0 Å². The summed E-state index contributed by atoms with van der Waals surface area (Å²) < 4.78 is 11.1. The topological polar surface area (TPSA) is 54.7 Å². The van der Waals surface area contributed by atoms with E-state index in [0.717, 1.165) is 35.4 Å². The molecule has 1 unspecified atom stereocenters. The SMILES string of the molecule is COc1ccc(C(=O)NCC(c2ccco2)N2CCCC2)c2ccccc12. The zero-order chi connectivity index (χ0) is 18.6. The third-order valence-electron chi connectivity index (χ3n) is 5.26. The maximum Gasteiger partial charge on any atom is 0.251 e. The molecule has 140 valence electrons. The van der Waals surface area contributed by atoms with Gasteiger partial charge >= 0.3 is 0 Å². The van der Waals surface area contributed by atoms with Gasteiger partial charge in [-0.1, -0.05) is 24.3 Å². The predicted molar refractivity (Wildman–Crippen MR) is 105 cm³/mol. The summed E-state index contributed by atoms with van der Waals surface area (Å²) in [7, 11) is 1.64. The summed E-state index contributed by atoms with van der Waals surface area (Å²) in [6, 6.07) is 15.4. The van der Waals surface area contributed by atoms with E-state index in [-0.39, 0.29) is 11.9 Å². The van der Waals surface area contributed by atoms with E-state index < -0.39 is 0 Å². The van der Waals surface area contributed by atoms with Gasteiger partial charge in [0.2, 0.25) is 0 Å². The Balaban J connectivity index is 1.56. The van der Waals surface area contributed by atoms with Crippen molar-refractivity contribution in [2.24, 2.45) is 0 Å².